The Morgan fingerprint density at radius 3 is 2.57 bits per heavy atom. The first-order valence-corrected chi connectivity index (χ1v) is 7.15. The van der Waals surface area contributed by atoms with Crippen molar-refractivity contribution in [3.8, 4) is 5.75 Å². The third kappa shape index (κ3) is 3.16. The van der Waals surface area contributed by atoms with E-state index in [9.17, 15) is 0 Å². The number of hydrogen-bond donors (Lipinski definition) is 0. The van der Waals surface area contributed by atoms with Gasteiger partial charge in [0.1, 0.15) is 5.75 Å². The Balaban J connectivity index is 1.60. The van der Waals surface area contributed by atoms with Gasteiger partial charge in [-0.15, -0.1) is 10.2 Å². The molecule has 21 heavy (non-hydrogen) atoms. The van der Waals surface area contributed by atoms with Gasteiger partial charge in [0.2, 0.25) is 11.8 Å². The molecule has 6 heteroatoms. The highest BCUT2D eigenvalue weighted by atomic mass is 16.5. The predicted molar refractivity (Wildman–Crippen MR) is 79.5 cm³/mol. The van der Waals surface area contributed by atoms with E-state index in [1.54, 1.807) is 7.11 Å². The Kier molecular flexibility index (Phi) is 4.06. The summed E-state index contributed by atoms with van der Waals surface area (Å²) in [4.78, 5) is 4.69. The fraction of sp³-hybridized carbons (Fsp3) is 0.467. The molecule has 0 aliphatic carbocycles. The summed E-state index contributed by atoms with van der Waals surface area (Å²) in [6.45, 7) is 6.41. The van der Waals surface area contributed by atoms with Crippen LogP contribution >= 0.6 is 0 Å². The van der Waals surface area contributed by atoms with E-state index in [2.05, 4.69) is 26.1 Å². The van der Waals surface area contributed by atoms with Crippen LogP contribution in [0.2, 0.25) is 0 Å². The summed E-state index contributed by atoms with van der Waals surface area (Å²) in [5, 5.41) is 7.92. The Labute approximate surface area is 124 Å². The maximum atomic E-state index is 5.44. The molecule has 0 saturated carbocycles. The number of nitrogens with zero attached hydrogens (tertiary/aromatic N) is 4. The molecule has 6 nitrogen and oxygen atoms in total. The van der Waals surface area contributed by atoms with Crippen LogP contribution in [-0.4, -0.2) is 48.4 Å². The second-order valence-electron chi connectivity index (χ2n) is 5.15. The third-order valence-corrected chi connectivity index (χ3v) is 3.72. The molecule has 112 valence electrons. The number of aromatic nitrogens is 2. The molecule has 2 aromatic rings. The molecule has 0 spiro atoms. The van der Waals surface area contributed by atoms with Gasteiger partial charge >= 0.3 is 0 Å². The van der Waals surface area contributed by atoms with Crippen molar-refractivity contribution >= 4 is 5.69 Å². The molecule has 0 atom stereocenters. The predicted octanol–water partition coefficient (Wildman–Crippen LogP) is 1.71. The first kappa shape index (κ1) is 13.9. The summed E-state index contributed by atoms with van der Waals surface area (Å²) in [6.07, 6.45) is 0. The Morgan fingerprint density at radius 1 is 1.14 bits per heavy atom. The first-order valence-electron chi connectivity index (χ1n) is 7.15. The summed E-state index contributed by atoms with van der Waals surface area (Å²) in [5.41, 5.74) is 1.16. The number of anilines is 1. The van der Waals surface area contributed by atoms with Gasteiger partial charge in [0.05, 0.1) is 19.3 Å². The number of methoxy groups -OCH3 is 1. The fourth-order valence-electron chi connectivity index (χ4n) is 2.63. The number of piperazine rings is 1. The van der Waals surface area contributed by atoms with Crippen molar-refractivity contribution in [3.63, 3.8) is 0 Å². The molecule has 0 bridgehead atoms. The lowest BCUT2D eigenvalue weighted by atomic mass is 10.2. The van der Waals surface area contributed by atoms with Crippen LogP contribution in [0.25, 0.3) is 0 Å². The van der Waals surface area contributed by atoms with Crippen LogP contribution in [0.4, 0.5) is 5.69 Å². The van der Waals surface area contributed by atoms with Crippen molar-refractivity contribution in [2.24, 2.45) is 0 Å². The zero-order chi connectivity index (χ0) is 14.7. The second kappa shape index (κ2) is 6.13. The van der Waals surface area contributed by atoms with E-state index in [1.807, 2.05) is 25.1 Å². The molecule has 0 N–H and O–H groups in total. The zero-order valence-electron chi connectivity index (χ0n) is 12.5. The van der Waals surface area contributed by atoms with Gasteiger partial charge in [0, 0.05) is 33.1 Å². The molecular weight excluding hydrogens is 268 g/mol. The van der Waals surface area contributed by atoms with Crippen LogP contribution in [0.1, 0.15) is 11.8 Å². The molecule has 1 aliphatic rings. The molecule has 1 aromatic carbocycles. The third-order valence-electron chi connectivity index (χ3n) is 3.72. The van der Waals surface area contributed by atoms with E-state index >= 15 is 0 Å². The second-order valence-corrected chi connectivity index (χ2v) is 5.15. The number of aryl methyl sites for hydroxylation is 1. The number of rotatable bonds is 4. The van der Waals surface area contributed by atoms with Gasteiger partial charge in [0.15, 0.2) is 0 Å². The Bertz CT molecular complexity index is 591. The van der Waals surface area contributed by atoms with E-state index in [1.165, 1.54) is 0 Å². The standard InChI is InChI=1S/C15H20N4O2/c1-12-16-17-15(21-12)11-18-7-9-19(10-8-18)13-5-3-4-6-14(13)20-2/h3-6H,7-11H2,1-2H3. The number of benzene rings is 1. The molecule has 2 heterocycles. The van der Waals surface area contributed by atoms with Gasteiger partial charge in [0.25, 0.3) is 0 Å². The van der Waals surface area contributed by atoms with Crippen LogP contribution in [0.5, 0.6) is 5.75 Å². The van der Waals surface area contributed by atoms with Crippen LogP contribution in [0.15, 0.2) is 28.7 Å². The molecule has 1 saturated heterocycles. The normalized spacial score (nSPS) is 16.2. The lowest BCUT2D eigenvalue weighted by Gasteiger charge is -2.35. The summed E-state index contributed by atoms with van der Waals surface area (Å²) < 4.78 is 10.9. The van der Waals surface area contributed by atoms with Gasteiger partial charge in [-0.1, -0.05) is 12.1 Å². The highest BCUT2D eigenvalue weighted by Gasteiger charge is 2.20. The minimum atomic E-state index is 0.623. The maximum absolute atomic E-state index is 5.44. The van der Waals surface area contributed by atoms with E-state index < -0.39 is 0 Å². The van der Waals surface area contributed by atoms with Crippen LogP contribution in [-0.2, 0) is 6.54 Å². The smallest absolute Gasteiger partial charge is 0.230 e. The fourth-order valence-corrected chi connectivity index (χ4v) is 2.63. The van der Waals surface area contributed by atoms with Crippen molar-refractivity contribution < 1.29 is 9.15 Å². The van der Waals surface area contributed by atoms with Gasteiger partial charge in [-0.25, -0.2) is 0 Å². The monoisotopic (exact) mass is 288 g/mol. The highest BCUT2D eigenvalue weighted by Crippen LogP contribution is 2.28. The van der Waals surface area contributed by atoms with Gasteiger partial charge in [-0.05, 0) is 12.1 Å². The van der Waals surface area contributed by atoms with E-state index in [0.29, 0.717) is 11.8 Å². The summed E-state index contributed by atoms with van der Waals surface area (Å²) in [7, 11) is 1.72. The Hall–Kier alpha value is -2.08. The molecule has 1 aliphatic heterocycles. The average Bonchev–Trinajstić information content (AvgIpc) is 2.93. The minimum absolute atomic E-state index is 0.623. The molecule has 0 amide bonds. The maximum Gasteiger partial charge on any atom is 0.230 e. The first-order chi connectivity index (χ1) is 10.3. The van der Waals surface area contributed by atoms with Crippen molar-refractivity contribution in [1.29, 1.82) is 0 Å². The Morgan fingerprint density at radius 2 is 1.90 bits per heavy atom. The van der Waals surface area contributed by atoms with Gasteiger partial charge in [-0.2, -0.15) is 0 Å². The van der Waals surface area contributed by atoms with Gasteiger partial charge in [-0.3, -0.25) is 4.90 Å². The van der Waals surface area contributed by atoms with Crippen LogP contribution < -0.4 is 9.64 Å². The van der Waals surface area contributed by atoms with E-state index in [4.69, 9.17) is 9.15 Å². The molecule has 1 aromatic heterocycles. The van der Waals surface area contributed by atoms with Crippen LogP contribution in [0, 0.1) is 6.92 Å². The zero-order valence-corrected chi connectivity index (χ0v) is 12.5. The lowest BCUT2D eigenvalue weighted by molar-refractivity contribution is 0.224. The molecule has 3 rings (SSSR count). The number of para-hydroxylation sites is 2. The number of ether oxygens (including phenoxy) is 1. The van der Waals surface area contributed by atoms with Crippen molar-refractivity contribution in [2.45, 2.75) is 13.5 Å². The molecular formula is C15H20N4O2. The largest absolute Gasteiger partial charge is 0.495 e. The minimum Gasteiger partial charge on any atom is -0.495 e. The molecule has 1 fully saturated rings. The topological polar surface area (TPSA) is 54.6 Å². The van der Waals surface area contributed by atoms with Crippen molar-refractivity contribution in [3.05, 3.63) is 36.0 Å². The average molecular weight is 288 g/mol. The van der Waals surface area contributed by atoms with Crippen molar-refractivity contribution in [1.82, 2.24) is 15.1 Å². The van der Waals surface area contributed by atoms with Crippen molar-refractivity contribution in [2.75, 3.05) is 38.2 Å². The summed E-state index contributed by atoms with van der Waals surface area (Å²) in [6, 6.07) is 8.15. The SMILES string of the molecule is COc1ccccc1N1CCN(Cc2nnc(C)o2)CC1. The summed E-state index contributed by atoms with van der Waals surface area (Å²) >= 11 is 0. The quantitative estimate of drug-likeness (QED) is 0.853. The van der Waals surface area contributed by atoms with Gasteiger partial charge < -0.3 is 14.1 Å². The highest BCUT2D eigenvalue weighted by molar-refractivity contribution is 5.58. The molecule has 0 radical (unpaired) electrons. The molecule has 0 unspecified atom stereocenters. The lowest BCUT2D eigenvalue weighted by Crippen LogP contribution is -2.46. The summed E-state index contributed by atoms with van der Waals surface area (Å²) in [5.74, 6) is 2.24. The number of hydrogen-bond acceptors (Lipinski definition) is 6. The van der Waals surface area contributed by atoms with Crippen LogP contribution in [0.3, 0.4) is 0 Å². The van der Waals surface area contributed by atoms with E-state index in [-0.39, 0.29) is 0 Å². The van der Waals surface area contributed by atoms with E-state index in [0.717, 1.165) is 44.2 Å².